The lowest BCUT2D eigenvalue weighted by atomic mass is 10.1. The molecule has 0 aliphatic rings. The monoisotopic (exact) mass is 309 g/mol. The zero-order valence-corrected chi connectivity index (χ0v) is 13.2. The van der Waals surface area contributed by atoms with Crippen LogP contribution in [0.3, 0.4) is 0 Å². The number of ketones is 1. The van der Waals surface area contributed by atoms with Crippen LogP contribution in [0.5, 0.6) is 5.75 Å². The number of hydrogen-bond acceptors (Lipinski definition) is 4. The van der Waals surface area contributed by atoms with E-state index in [4.69, 9.17) is 4.74 Å². The molecule has 1 N–H and O–H groups in total. The van der Waals surface area contributed by atoms with E-state index >= 15 is 0 Å². The van der Waals surface area contributed by atoms with Crippen molar-refractivity contribution in [3.63, 3.8) is 0 Å². The fraction of sp³-hybridized carbons (Fsp3) is 0.158. The van der Waals surface area contributed by atoms with Crippen LogP contribution in [0.15, 0.2) is 59.4 Å². The van der Waals surface area contributed by atoms with Gasteiger partial charge in [-0.05, 0) is 42.8 Å². The molecule has 0 saturated heterocycles. The maximum atomic E-state index is 12.3. The molecular formula is C19H19NO3. The van der Waals surface area contributed by atoms with Gasteiger partial charge in [0.1, 0.15) is 5.75 Å². The van der Waals surface area contributed by atoms with Gasteiger partial charge in [-0.2, -0.15) is 0 Å². The first kappa shape index (κ1) is 16.5. The molecule has 0 atom stereocenters. The molecule has 2 aromatic rings. The topological polar surface area (TPSA) is 55.4 Å². The van der Waals surface area contributed by atoms with Crippen molar-refractivity contribution in [1.82, 2.24) is 0 Å². The number of carbonyl (C=O) groups is 1. The molecule has 0 heterocycles. The van der Waals surface area contributed by atoms with E-state index < -0.39 is 0 Å². The highest BCUT2D eigenvalue weighted by atomic mass is 16.5. The molecule has 4 heteroatoms. The first-order chi connectivity index (χ1) is 11.2. The Balaban J connectivity index is 2.22. The summed E-state index contributed by atoms with van der Waals surface area (Å²) in [6.45, 7) is 2.53. The molecule has 4 nitrogen and oxygen atoms in total. The Morgan fingerprint density at radius 2 is 1.83 bits per heavy atom. The van der Waals surface area contributed by atoms with Crippen molar-refractivity contribution >= 4 is 17.5 Å². The molecule has 2 aromatic carbocycles. The predicted octanol–water partition coefficient (Wildman–Crippen LogP) is 3.38. The number of ether oxygens (including phenoxy) is 1. The van der Waals surface area contributed by atoms with E-state index in [0.717, 1.165) is 11.3 Å². The third kappa shape index (κ3) is 4.30. The van der Waals surface area contributed by atoms with Crippen molar-refractivity contribution < 1.29 is 9.53 Å². The first-order valence-electron chi connectivity index (χ1n) is 7.42. The molecule has 0 unspecified atom stereocenters. The Kier molecular flexibility index (Phi) is 5.69. The van der Waals surface area contributed by atoms with Crippen LogP contribution in [0.4, 0.5) is 5.69 Å². The van der Waals surface area contributed by atoms with Crippen LogP contribution >= 0.6 is 0 Å². The first-order valence-corrected chi connectivity index (χ1v) is 7.42. The molecular weight excluding hydrogens is 290 g/mol. The van der Waals surface area contributed by atoms with Crippen LogP contribution in [0.1, 0.15) is 22.8 Å². The summed E-state index contributed by atoms with van der Waals surface area (Å²) in [6.07, 6.45) is 3.09. The van der Waals surface area contributed by atoms with E-state index in [1.165, 1.54) is 12.1 Å². The van der Waals surface area contributed by atoms with E-state index in [0.29, 0.717) is 12.3 Å². The van der Waals surface area contributed by atoms with Crippen molar-refractivity contribution in [1.29, 1.82) is 0 Å². The van der Waals surface area contributed by atoms with Crippen molar-refractivity contribution in [2.75, 3.05) is 19.0 Å². The molecule has 0 aliphatic carbocycles. The Labute approximate surface area is 135 Å². The van der Waals surface area contributed by atoms with Gasteiger partial charge in [0.05, 0.1) is 17.9 Å². The Hall–Kier alpha value is -2.88. The van der Waals surface area contributed by atoms with Gasteiger partial charge < -0.3 is 10.1 Å². The van der Waals surface area contributed by atoms with Gasteiger partial charge in [-0.3, -0.25) is 9.59 Å². The second-order valence-electron chi connectivity index (χ2n) is 4.82. The van der Waals surface area contributed by atoms with Crippen LogP contribution in [0.2, 0.25) is 0 Å². The summed E-state index contributed by atoms with van der Waals surface area (Å²) in [5, 5.41) is 2.80. The third-order valence-electron chi connectivity index (χ3n) is 3.28. The van der Waals surface area contributed by atoms with E-state index in [2.05, 4.69) is 5.32 Å². The van der Waals surface area contributed by atoms with Crippen molar-refractivity contribution in [3.05, 3.63) is 76.0 Å². The number of anilines is 1. The van der Waals surface area contributed by atoms with Gasteiger partial charge in [-0.25, -0.2) is 0 Å². The maximum absolute atomic E-state index is 12.3. The standard InChI is InChI=1S/C19H19NO3/c1-3-23-15-11-8-14(9-12-15)10-13-18(21)16-6-4-5-7-17(20-2)19(16)22/h4-13H,3H2,1-2H3,(H,20,22)/b13-10+. The van der Waals surface area contributed by atoms with Crippen LogP contribution in [-0.2, 0) is 0 Å². The lowest BCUT2D eigenvalue weighted by Gasteiger charge is -2.02. The zero-order chi connectivity index (χ0) is 16.7. The Morgan fingerprint density at radius 1 is 1.13 bits per heavy atom. The normalized spacial score (nSPS) is 10.5. The van der Waals surface area contributed by atoms with Gasteiger partial charge in [0, 0.05) is 7.05 Å². The van der Waals surface area contributed by atoms with Crippen molar-refractivity contribution in [2.24, 2.45) is 0 Å². The second kappa shape index (κ2) is 7.94. The SMILES string of the molecule is CCOc1ccc(/C=C/C(=O)c2ccccc(NC)c2=O)cc1. The molecule has 0 saturated carbocycles. The summed E-state index contributed by atoms with van der Waals surface area (Å²) in [7, 11) is 1.65. The van der Waals surface area contributed by atoms with Crippen LogP contribution < -0.4 is 15.5 Å². The molecule has 0 amide bonds. The van der Waals surface area contributed by atoms with E-state index in [1.807, 2.05) is 31.2 Å². The van der Waals surface area contributed by atoms with Crippen LogP contribution in [0.25, 0.3) is 6.08 Å². The molecule has 0 aromatic heterocycles. The van der Waals surface area contributed by atoms with E-state index in [9.17, 15) is 9.59 Å². The fourth-order valence-electron chi connectivity index (χ4n) is 2.09. The number of nitrogens with one attached hydrogen (secondary N) is 1. The number of allylic oxidation sites excluding steroid dienone is 1. The molecule has 0 aliphatic heterocycles. The number of hydrogen-bond donors (Lipinski definition) is 1. The number of carbonyl (C=O) groups excluding carboxylic acids is 1. The van der Waals surface area contributed by atoms with Gasteiger partial charge in [0.15, 0.2) is 5.78 Å². The van der Waals surface area contributed by atoms with Gasteiger partial charge >= 0.3 is 0 Å². The Bertz CT molecular complexity index is 764. The summed E-state index contributed by atoms with van der Waals surface area (Å²) in [5.74, 6) is 0.461. The summed E-state index contributed by atoms with van der Waals surface area (Å²) in [5.41, 5.74) is 1.09. The fourth-order valence-corrected chi connectivity index (χ4v) is 2.09. The lowest BCUT2D eigenvalue weighted by molar-refractivity contribution is 0.104. The average molecular weight is 309 g/mol. The number of benzene rings is 1. The third-order valence-corrected chi connectivity index (χ3v) is 3.28. The molecule has 0 radical (unpaired) electrons. The molecule has 23 heavy (non-hydrogen) atoms. The summed E-state index contributed by atoms with van der Waals surface area (Å²) >= 11 is 0. The highest BCUT2D eigenvalue weighted by Crippen LogP contribution is 2.13. The quantitative estimate of drug-likeness (QED) is 0.656. The zero-order valence-electron chi connectivity index (χ0n) is 13.2. The molecule has 118 valence electrons. The minimum absolute atomic E-state index is 0.140. The van der Waals surface area contributed by atoms with Crippen molar-refractivity contribution in [2.45, 2.75) is 6.92 Å². The highest BCUT2D eigenvalue weighted by Gasteiger charge is 2.08. The summed E-state index contributed by atoms with van der Waals surface area (Å²) in [6, 6.07) is 14.0. The van der Waals surface area contributed by atoms with Gasteiger partial charge in [-0.1, -0.05) is 30.3 Å². The number of rotatable bonds is 6. The average Bonchev–Trinajstić information content (AvgIpc) is 2.75. The minimum Gasteiger partial charge on any atom is -0.494 e. The summed E-state index contributed by atoms with van der Waals surface area (Å²) < 4.78 is 5.37. The van der Waals surface area contributed by atoms with Gasteiger partial charge in [0.2, 0.25) is 5.43 Å². The molecule has 2 rings (SSSR count). The largest absolute Gasteiger partial charge is 0.494 e. The molecule has 0 spiro atoms. The van der Waals surface area contributed by atoms with Crippen LogP contribution in [-0.4, -0.2) is 19.4 Å². The van der Waals surface area contributed by atoms with Crippen molar-refractivity contribution in [3.8, 4) is 5.75 Å². The maximum Gasteiger partial charge on any atom is 0.212 e. The molecule has 0 fully saturated rings. The van der Waals surface area contributed by atoms with Crippen LogP contribution in [0, 0.1) is 0 Å². The highest BCUT2D eigenvalue weighted by molar-refractivity contribution is 6.07. The van der Waals surface area contributed by atoms with E-state index in [-0.39, 0.29) is 16.8 Å². The minimum atomic E-state index is -0.323. The summed E-state index contributed by atoms with van der Waals surface area (Å²) in [4.78, 5) is 24.5. The predicted molar refractivity (Wildman–Crippen MR) is 93.2 cm³/mol. The lowest BCUT2D eigenvalue weighted by Crippen LogP contribution is -2.14. The smallest absolute Gasteiger partial charge is 0.212 e. The van der Waals surface area contributed by atoms with Gasteiger partial charge in [-0.15, -0.1) is 0 Å². The molecule has 0 bridgehead atoms. The van der Waals surface area contributed by atoms with E-state index in [1.54, 1.807) is 31.3 Å². The Morgan fingerprint density at radius 3 is 2.48 bits per heavy atom. The second-order valence-corrected chi connectivity index (χ2v) is 4.82. The van der Waals surface area contributed by atoms with Gasteiger partial charge in [0.25, 0.3) is 0 Å².